The lowest BCUT2D eigenvalue weighted by molar-refractivity contribution is 0.582. The Balaban J connectivity index is 2.11. The average molecular weight is 371 g/mol. The van der Waals surface area contributed by atoms with E-state index in [9.17, 15) is 8.42 Å². The fourth-order valence-electron chi connectivity index (χ4n) is 1.51. The predicted molar refractivity (Wildman–Crippen MR) is 84.4 cm³/mol. The number of nitrogens with one attached hydrogen (secondary N) is 1. The quantitative estimate of drug-likeness (QED) is 0.799. The fourth-order valence-corrected chi connectivity index (χ4v) is 4.85. The molecule has 0 saturated heterocycles. The van der Waals surface area contributed by atoms with Crippen molar-refractivity contribution in [3.8, 4) is 0 Å². The van der Waals surface area contributed by atoms with Crippen LogP contribution in [-0.2, 0) is 22.4 Å². The summed E-state index contributed by atoms with van der Waals surface area (Å²) in [5.41, 5.74) is 1.81. The summed E-state index contributed by atoms with van der Waals surface area (Å²) in [5, 5.41) is 0. The molecule has 0 unspecified atom stereocenters. The van der Waals surface area contributed by atoms with Gasteiger partial charge in [0.25, 0.3) is 0 Å². The number of rotatable bonds is 5. The van der Waals surface area contributed by atoms with E-state index in [1.807, 2.05) is 24.3 Å². The van der Waals surface area contributed by atoms with Gasteiger partial charge in [-0.1, -0.05) is 47.5 Å². The minimum absolute atomic E-state index is 0.00606. The van der Waals surface area contributed by atoms with Crippen LogP contribution in [0.4, 0.5) is 0 Å². The maximum absolute atomic E-state index is 12.1. The van der Waals surface area contributed by atoms with Crippen LogP contribution in [0.1, 0.15) is 11.1 Å². The van der Waals surface area contributed by atoms with E-state index in [2.05, 4.69) is 4.72 Å². The van der Waals surface area contributed by atoms with Crippen molar-refractivity contribution in [1.29, 1.82) is 0 Å². The Bertz CT molecular complexity index is 696. The number of thiophene rings is 1. The van der Waals surface area contributed by atoms with Crippen molar-refractivity contribution in [3.05, 3.63) is 50.1 Å². The van der Waals surface area contributed by atoms with Gasteiger partial charge in [0.15, 0.2) is 0 Å². The second-order valence-corrected chi connectivity index (χ2v) is 8.25. The van der Waals surface area contributed by atoms with Crippen molar-refractivity contribution in [2.75, 3.05) is 0 Å². The van der Waals surface area contributed by atoms with Crippen LogP contribution in [0.5, 0.6) is 0 Å². The minimum Gasteiger partial charge on any atom is -0.207 e. The molecule has 3 nitrogen and oxygen atoms in total. The molecule has 0 aliphatic rings. The van der Waals surface area contributed by atoms with Crippen molar-refractivity contribution < 1.29 is 8.42 Å². The van der Waals surface area contributed by atoms with Gasteiger partial charge in [0, 0.05) is 12.4 Å². The average Bonchev–Trinajstić information content (AvgIpc) is 2.77. The largest absolute Gasteiger partial charge is 0.243 e. The molecule has 1 N–H and O–H groups in total. The Morgan fingerprint density at radius 3 is 2.20 bits per heavy atom. The standard InChI is InChI=1S/C12H10Cl3NO2S2/c13-6-8-1-3-9(4-2-8)7-16-20(17,18)10-5-11(14)19-12(10)15/h1-5,16H,6-7H2. The van der Waals surface area contributed by atoms with Gasteiger partial charge < -0.3 is 0 Å². The lowest BCUT2D eigenvalue weighted by Crippen LogP contribution is -2.23. The van der Waals surface area contributed by atoms with Crippen molar-refractivity contribution in [2.45, 2.75) is 17.3 Å². The second kappa shape index (κ2) is 6.64. The highest BCUT2D eigenvalue weighted by Gasteiger charge is 2.20. The van der Waals surface area contributed by atoms with E-state index >= 15 is 0 Å². The van der Waals surface area contributed by atoms with Crippen molar-refractivity contribution in [2.24, 2.45) is 0 Å². The molecule has 0 spiro atoms. The van der Waals surface area contributed by atoms with E-state index in [1.165, 1.54) is 6.07 Å². The first-order chi connectivity index (χ1) is 9.42. The normalized spacial score (nSPS) is 11.8. The zero-order valence-corrected chi connectivity index (χ0v) is 14.0. The molecule has 0 saturated carbocycles. The van der Waals surface area contributed by atoms with Gasteiger partial charge in [-0.3, -0.25) is 0 Å². The molecule has 2 aromatic rings. The van der Waals surface area contributed by atoms with E-state index in [0.717, 1.165) is 22.5 Å². The molecule has 0 amide bonds. The monoisotopic (exact) mass is 369 g/mol. The van der Waals surface area contributed by atoms with Crippen LogP contribution in [0, 0.1) is 0 Å². The lowest BCUT2D eigenvalue weighted by Gasteiger charge is -2.06. The summed E-state index contributed by atoms with van der Waals surface area (Å²) in [5.74, 6) is 0.426. The fraction of sp³-hybridized carbons (Fsp3) is 0.167. The van der Waals surface area contributed by atoms with E-state index in [-0.39, 0.29) is 15.8 Å². The predicted octanol–water partition coefficient (Wildman–Crippen LogP) is 4.27. The van der Waals surface area contributed by atoms with E-state index < -0.39 is 10.0 Å². The van der Waals surface area contributed by atoms with Crippen LogP contribution in [0.15, 0.2) is 35.2 Å². The molecule has 1 aromatic heterocycles. The number of alkyl halides is 1. The molecule has 0 fully saturated rings. The molecule has 0 atom stereocenters. The first kappa shape index (κ1) is 16.1. The summed E-state index contributed by atoms with van der Waals surface area (Å²) in [6.07, 6.45) is 0. The van der Waals surface area contributed by atoms with Gasteiger partial charge in [-0.25, -0.2) is 13.1 Å². The van der Waals surface area contributed by atoms with Crippen LogP contribution in [-0.4, -0.2) is 8.42 Å². The van der Waals surface area contributed by atoms with Crippen LogP contribution in [0.25, 0.3) is 0 Å². The highest BCUT2D eigenvalue weighted by Crippen LogP contribution is 2.34. The Morgan fingerprint density at radius 2 is 1.70 bits per heavy atom. The summed E-state index contributed by atoms with van der Waals surface area (Å²) < 4.78 is 27.2. The third-order valence-electron chi connectivity index (χ3n) is 2.56. The molecule has 20 heavy (non-hydrogen) atoms. The summed E-state index contributed by atoms with van der Waals surface area (Å²) in [6.45, 7) is 0.175. The zero-order chi connectivity index (χ0) is 14.8. The molecule has 1 heterocycles. The Morgan fingerprint density at radius 1 is 1.10 bits per heavy atom. The highest BCUT2D eigenvalue weighted by molar-refractivity contribution is 7.89. The van der Waals surface area contributed by atoms with Gasteiger partial charge in [-0.05, 0) is 17.2 Å². The summed E-state index contributed by atoms with van der Waals surface area (Å²) >= 11 is 18.3. The van der Waals surface area contributed by atoms with E-state index in [4.69, 9.17) is 34.8 Å². The van der Waals surface area contributed by atoms with Gasteiger partial charge in [0.05, 0.1) is 4.34 Å². The first-order valence-electron chi connectivity index (χ1n) is 5.50. The number of hydrogen-bond donors (Lipinski definition) is 1. The number of benzene rings is 1. The Labute approximate surface area is 136 Å². The smallest absolute Gasteiger partial charge is 0.207 e. The summed E-state index contributed by atoms with van der Waals surface area (Å²) in [6, 6.07) is 8.69. The van der Waals surface area contributed by atoms with Crippen LogP contribution < -0.4 is 4.72 Å². The maximum atomic E-state index is 12.1. The molecule has 0 aliphatic carbocycles. The van der Waals surface area contributed by atoms with Crippen LogP contribution in [0.3, 0.4) is 0 Å². The first-order valence-corrected chi connectivity index (χ1v) is 9.09. The molecule has 0 bridgehead atoms. The van der Waals surface area contributed by atoms with Gasteiger partial charge in [0.2, 0.25) is 10.0 Å². The molecule has 1 aromatic carbocycles. The second-order valence-electron chi connectivity index (χ2n) is 3.96. The molecule has 2 rings (SSSR count). The molecule has 0 radical (unpaired) electrons. The Kier molecular flexibility index (Phi) is 5.34. The maximum Gasteiger partial charge on any atom is 0.243 e. The van der Waals surface area contributed by atoms with Crippen molar-refractivity contribution in [1.82, 2.24) is 4.72 Å². The lowest BCUT2D eigenvalue weighted by atomic mass is 10.1. The van der Waals surface area contributed by atoms with Gasteiger partial charge in [-0.2, -0.15) is 0 Å². The zero-order valence-electron chi connectivity index (χ0n) is 10.1. The molecule has 0 aliphatic heterocycles. The number of sulfonamides is 1. The third kappa shape index (κ3) is 3.87. The van der Waals surface area contributed by atoms with Crippen molar-refractivity contribution >= 4 is 56.2 Å². The topological polar surface area (TPSA) is 46.2 Å². The molecule has 8 heteroatoms. The molecule has 108 valence electrons. The van der Waals surface area contributed by atoms with Gasteiger partial charge >= 0.3 is 0 Å². The minimum atomic E-state index is -3.67. The molecular formula is C12H10Cl3NO2S2. The van der Waals surface area contributed by atoms with Crippen LogP contribution >= 0.6 is 46.1 Å². The van der Waals surface area contributed by atoms with E-state index in [1.54, 1.807) is 0 Å². The van der Waals surface area contributed by atoms with Crippen LogP contribution in [0.2, 0.25) is 8.67 Å². The number of halogens is 3. The summed E-state index contributed by atoms with van der Waals surface area (Å²) in [7, 11) is -3.67. The van der Waals surface area contributed by atoms with Gasteiger partial charge in [0.1, 0.15) is 9.23 Å². The SMILES string of the molecule is O=S(=O)(NCc1ccc(CCl)cc1)c1cc(Cl)sc1Cl. The Hall–Kier alpha value is -0.300. The van der Waals surface area contributed by atoms with Crippen molar-refractivity contribution in [3.63, 3.8) is 0 Å². The third-order valence-corrected chi connectivity index (χ3v) is 6.02. The number of hydrogen-bond acceptors (Lipinski definition) is 3. The highest BCUT2D eigenvalue weighted by atomic mass is 35.5. The van der Waals surface area contributed by atoms with Gasteiger partial charge in [-0.15, -0.1) is 22.9 Å². The summed E-state index contributed by atoms with van der Waals surface area (Å²) in [4.78, 5) is 0.00606. The molecular weight excluding hydrogens is 361 g/mol. The van der Waals surface area contributed by atoms with E-state index in [0.29, 0.717) is 10.2 Å².